The van der Waals surface area contributed by atoms with Gasteiger partial charge >= 0.3 is 0 Å². The number of rotatable bonds is 7. The summed E-state index contributed by atoms with van der Waals surface area (Å²) in [4.78, 5) is 10.0. The molecule has 0 aromatic heterocycles. The summed E-state index contributed by atoms with van der Waals surface area (Å²) in [5.41, 5.74) is 5.45. The highest BCUT2D eigenvalue weighted by atomic mass is 32.2. The van der Waals surface area contributed by atoms with Crippen LogP contribution in [0.5, 0.6) is 0 Å². The van der Waals surface area contributed by atoms with E-state index in [1.54, 1.807) is 0 Å². The Hall–Kier alpha value is -0.260. The van der Waals surface area contributed by atoms with E-state index in [-0.39, 0.29) is 17.2 Å². The van der Waals surface area contributed by atoms with Gasteiger partial charge in [0.25, 0.3) is 0 Å². The van der Waals surface area contributed by atoms with E-state index in [9.17, 15) is 9.90 Å². The molecule has 0 aromatic rings. The Morgan fingerprint density at radius 2 is 1.94 bits per heavy atom. The second-order valence-corrected chi connectivity index (χ2v) is 7.50. The third-order valence-corrected chi connectivity index (χ3v) is 3.47. The summed E-state index contributed by atoms with van der Waals surface area (Å²) in [7, 11) is 0. The van der Waals surface area contributed by atoms with Crippen LogP contribution in [-0.2, 0) is 4.79 Å². The van der Waals surface area contributed by atoms with Crippen molar-refractivity contribution in [2.24, 2.45) is 5.73 Å². The van der Waals surface area contributed by atoms with Gasteiger partial charge in [-0.3, -0.25) is 4.79 Å². The van der Waals surface area contributed by atoms with Crippen molar-refractivity contribution >= 4 is 17.7 Å². The van der Waals surface area contributed by atoms with E-state index in [1.165, 1.54) is 18.7 Å². The van der Waals surface area contributed by atoms with Crippen molar-refractivity contribution in [3.63, 3.8) is 0 Å². The van der Waals surface area contributed by atoms with Gasteiger partial charge in [0.1, 0.15) is 4.93 Å². The molecule has 0 aliphatic heterocycles. The third kappa shape index (κ3) is 9.44. The number of nitrogens with one attached hydrogen (secondary N) is 1. The number of amides is 1. The minimum Gasteiger partial charge on any atom is -0.378 e. The number of nitrogens with two attached hydrogens (primary N) is 1. The van der Waals surface area contributed by atoms with Crippen molar-refractivity contribution in [2.45, 2.75) is 56.6 Å². The molecule has 0 saturated carbocycles. The first kappa shape index (κ1) is 16.7. The van der Waals surface area contributed by atoms with Crippen molar-refractivity contribution in [1.29, 1.82) is 0 Å². The van der Waals surface area contributed by atoms with Gasteiger partial charge in [-0.05, 0) is 25.8 Å². The monoisotopic (exact) mass is 262 g/mol. The molecule has 17 heavy (non-hydrogen) atoms. The molecule has 0 spiro atoms. The van der Waals surface area contributed by atoms with Crippen LogP contribution in [0.15, 0.2) is 0 Å². The van der Waals surface area contributed by atoms with Crippen molar-refractivity contribution < 1.29 is 9.90 Å². The van der Waals surface area contributed by atoms with Crippen LogP contribution in [0.4, 0.5) is 0 Å². The van der Waals surface area contributed by atoms with Gasteiger partial charge in [0.15, 0.2) is 0 Å². The minimum absolute atomic E-state index is 0.0457. The minimum atomic E-state index is -0.904. The van der Waals surface area contributed by atoms with Gasteiger partial charge < -0.3 is 16.2 Å². The number of hydrogen-bond donors (Lipinski definition) is 3. The van der Waals surface area contributed by atoms with E-state index < -0.39 is 4.93 Å². The van der Waals surface area contributed by atoms with Gasteiger partial charge in [-0.1, -0.05) is 20.8 Å². The van der Waals surface area contributed by atoms with E-state index in [0.717, 1.165) is 12.8 Å². The molecular weight excluding hydrogens is 236 g/mol. The predicted molar refractivity (Wildman–Crippen MR) is 73.9 cm³/mol. The van der Waals surface area contributed by atoms with Gasteiger partial charge in [0.2, 0.25) is 5.91 Å². The normalized spacial score (nSPS) is 15.4. The fraction of sp³-hybridized carbons (Fsp3) is 0.917. The molecule has 0 fully saturated rings. The average molecular weight is 262 g/mol. The Labute approximate surface area is 109 Å². The molecule has 0 unspecified atom stereocenters. The molecule has 0 rings (SSSR count). The van der Waals surface area contributed by atoms with Crippen LogP contribution in [0.25, 0.3) is 0 Å². The SMILES string of the molecule is CC(=O)NC[C@@](O)(CCCCN)SC(C)(C)C. The second kappa shape index (κ2) is 7.24. The summed E-state index contributed by atoms with van der Waals surface area (Å²) in [6.07, 6.45) is 2.41. The lowest BCUT2D eigenvalue weighted by Crippen LogP contribution is -2.42. The van der Waals surface area contributed by atoms with Crippen LogP contribution in [0.1, 0.15) is 47.0 Å². The van der Waals surface area contributed by atoms with Gasteiger partial charge in [0.05, 0.1) is 6.54 Å². The summed E-state index contributed by atoms with van der Waals surface area (Å²) in [5, 5.41) is 13.2. The Kier molecular flexibility index (Phi) is 7.13. The summed E-state index contributed by atoms with van der Waals surface area (Å²) >= 11 is 1.50. The lowest BCUT2D eigenvalue weighted by atomic mass is 10.1. The number of carbonyl (C=O) groups is 1. The van der Waals surface area contributed by atoms with Gasteiger partial charge in [0, 0.05) is 11.7 Å². The van der Waals surface area contributed by atoms with E-state index in [1.807, 2.05) is 0 Å². The highest BCUT2D eigenvalue weighted by Crippen LogP contribution is 2.37. The zero-order valence-corrected chi connectivity index (χ0v) is 12.2. The van der Waals surface area contributed by atoms with Crippen LogP contribution >= 0.6 is 11.8 Å². The molecule has 102 valence electrons. The largest absolute Gasteiger partial charge is 0.378 e. The molecule has 4 N–H and O–H groups in total. The van der Waals surface area contributed by atoms with E-state index in [0.29, 0.717) is 13.0 Å². The van der Waals surface area contributed by atoms with Crippen LogP contribution in [0, 0.1) is 0 Å². The molecule has 0 aliphatic rings. The molecule has 0 bridgehead atoms. The number of unbranched alkanes of at least 4 members (excludes halogenated alkanes) is 1. The standard InChI is InChI=1S/C12H26N2O2S/c1-10(15)14-9-12(16,7-5-6-8-13)17-11(2,3)4/h16H,5-9,13H2,1-4H3,(H,14,15)/t12-/m1/s1. The molecule has 0 saturated heterocycles. The van der Waals surface area contributed by atoms with Gasteiger partial charge in [-0.15, -0.1) is 11.8 Å². The fourth-order valence-electron chi connectivity index (χ4n) is 1.55. The van der Waals surface area contributed by atoms with Gasteiger partial charge in [-0.2, -0.15) is 0 Å². The lowest BCUT2D eigenvalue weighted by molar-refractivity contribution is -0.119. The maximum Gasteiger partial charge on any atom is 0.217 e. The topological polar surface area (TPSA) is 75.3 Å². The molecule has 5 heteroatoms. The van der Waals surface area contributed by atoms with E-state index in [4.69, 9.17) is 5.73 Å². The molecule has 1 atom stereocenters. The van der Waals surface area contributed by atoms with Crippen LogP contribution in [0.3, 0.4) is 0 Å². The zero-order chi connectivity index (χ0) is 13.5. The predicted octanol–water partition coefficient (Wildman–Crippen LogP) is 1.47. The number of thioether (sulfide) groups is 1. The van der Waals surface area contributed by atoms with Crippen LogP contribution < -0.4 is 11.1 Å². The summed E-state index contributed by atoms with van der Waals surface area (Å²) < 4.78 is -0.0457. The molecule has 0 aromatic carbocycles. The highest BCUT2D eigenvalue weighted by molar-refractivity contribution is 8.01. The van der Waals surface area contributed by atoms with Crippen molar-refractivity contribution in [1.82, 2.24) is 5.32 Å². The first-order valence-corrected chi connectivity index (χ1v) is 6.87. The van der Waals surface area contributed by atoms with E-state index >= 15 is 0 Å². The molecule has 4 nitrogen and oxygen atoms in total. The Morgan fingerprint density at radius 1 is 1.35 bits per heavy atom. The average Bonchev–Trinajstić information content (AvgIpc) is 2.13. The van der Waals surface area contributed by atoms with Crippen molar-refractivity contribution in [3.8, 4) is 0 Å². The van der Waals surface area contributed by atoms with Crippen molar-refractivity contribution in [2.75, 3.05) is 13.1 Å². The maximum absolute atomic E-state index is 10.9. The van der Waals surface area contributed by atoms with Gasteiger partial charge in [-0.25, -0.2) is 0 Å². The zero-order valence-electron chi connectivity index (χ0n) is 11.4. The van der Waals surface area contributed by atoms with E-state index in [2.05, 4.69) is 26.1 Å². The van der Waals surface area contributed by atoms with Crippen LogP contribution in [-0.4, -0.2) is 33.8 Å². The lowest BCUT2D eigenvalue weighted by Gasteiger charge is -2.34. The maximum atomic E-state index is 10.9. The summed E-state index contributed by atoms with van der Waals surface area (Å²) in [5.74, 6) is -0.114. The highest BCUT2D eigenvalue weighted by Gasteiger charge is 2.32. The number of carbonyl (C=O) groups excluding carboxylic acids is 1. The fourth-order valence-corrected chi connectivity index (χ4v) is 3.08. The Balaban J connectivity index is 4.39. The molecule has 0 aliphatic carbocycles. The second-order valence-electron chi connectivity index (χ2n) is 5.32. The Bertz CT molecular complexity index is 241. The van der Waals surface area contributed by atoms with Crippen molar-refractivity contribution in [3.05, 3.63) is 0 Å². The first-order valence-electron chi connectivity index (χ1n) is 6.05. The third-order valence-electron chi connectivity index (χ3n) is 2.13. The number of hydrogen-bond acceptors (Lipinski definition) is 4. The van der Waals surface area contributed by atoms with Crippen LogP contribution in [0.2, 0.25) is 0 Å². The Morgan fingerprint density at radius 3 is 2.35 bits per heavy atom. The number of aliphatic hydroxyl groups is 1. The quantitative estimate of drug-likeness (QED) is 0.480. The smallest absolute Gasteiger partial charge is 0.217 e. The summed E-state index contributed by atoms with van der Waals surface area (Å²) in [6.45, 7) is 8.55. The molecular formula is C12H26N2O2S. The molecule has 0 radical (unpaired) electrons. The molecule has 1 amide bonds. The first-order chi connectivity index (χ1) is 7.68. The molecule has 0 heterocycles. The summed E-state index contributed by atoms with van der Waals surface area (Å²) in [6, 6.07) is 0.